The minimum absolute atomic E-state index is 0.172. The van der Waals surface area contributed by atoms with Crippen LogP contribution < -0.4 is 4.74 Å². The lowest BCUT2D eigenvalue weighted by Crippen LogP contribution is -2.07. The molecule has 5 heteroatoms. The molecule has 0 aliphatic heterocycles. The summed E-state index contributed by atoms with van der Waals surface area (Å²) in [6.07, 6.45) is 2.88. The summed E-state index contributed by atoms with van der Waals surface area (Å²) < 4.78 is 15.4. The third-order valence-electron chi connectivity index (χ3n) is 3.35. The van der Waals surface area contributed by atoms with Crippen LogP contribution in [0.4, 0.5) is 0 Å². The van der Waals surface area contributed by atoms with Gasteiger partial charge in [0.25, 0.3) is 0 Å². The highest BCUT2D eigenvalue weighted by molar-refractivity contribution is 5.94. The predicted molar refractivity (Wildman–Crippen MR) is 94.2 cm³/mol. The van der Waals surface area contributed by atoms with Crippen LogP contribution >= 0.6 is 0 Å². The van der Waals surface area contributed by atoms with Gasteiger partial charge in [-0.3, -0.25) is 0 Å². The molecule has 0 heterocycles. The van der Waals surface area contributed by atoms with Crippen molar-refractivity contribution in [2.24, 2.45) is 0 Å². The van der Waals surface area contributed by atoms with Gasteiger partial charge in [0.2, 0.25) is 0 Å². The fourth-order valence-electron chi connectivity index (χ4n) is 2.14. The molecule has 2 aromatic carbocycles. The zero-order valence-corrected chi connectivity index (χ0v) is 14.2. The van der Waals surface area contributed by atoms with Crippen LogP contribution in [0.3, 0.4) is 0 Å². The number of ether oxygens (including phenoxy) is 3. The van der Waals surface area contributed by atoms with Crippen LogP contribution in [0.1, 0.15) is 28.4 Å². The van der Waals surface area contributed by atoms with E-state index in [-0.39, 0.29) is 6.61 Å². The van der Waals surface area contributed by atoms with Crippen molar-refractivity contribution in [3.05, 3.63) is 71.3 Å². The Labute approximate surface area is 146 Å². The molecular formula is C20H20O5. The van der Waals surface area contributed by atoms with Gasteiger partial charge in [-0.2, -0.15) is 0 Å². The predicted octanol–water partition coefficient (Wildman–Crippen LogP) is 3.63. The summed E-state index contributed by atoms with van der Waals surface area (Å²) in [7, 11) is 1.48. The second-order valence-electron chi connectivity index (χ2n) is 5.11. The minimum Gasteiger partial charge on any atom is -0.496 e. The Hall–Kier alpha value is -3.08. The van der Waals surface area contributed by atoms with Crippen LogP contribution in [0.25, 0.3) is 6.08 Å². The molecule has 0 atom stereocenters. The standard InChI is InChI=1S/C20H20O5/c1-3-24-19(21)12-10-15-9-11-18(23-2)17(13-15)20(22)25-14-16-7-5-4-6-8-16/h4-13H,3,14H2,1-2H3/b12-10+. The normalized spacial score (nSPS) is 10.5. The van der Waals surface area contributed by atoms with E-state index in [1.807, 2.05) is 30.3 Å². The monoisotopic (exact) mass is 340 g/mol. The van der Waals surface area contributed by atoms with Crippen molar-refractivity contribution in [3.8, 4) is 5.75 Å². The van der Waals surface area contributed by atoms with Crippen molar-refractivity contribution in [1.82, 2.24) is 0 Å². The molecule has 2 aromatic rings. The average molecular weight is 340 g/mol. The van der Waals surface area contributed by atoms with Crippen LogP contribution in [0.5, 0.6) is 5.75 Å². The highest BCUT2D eigenvalue weighted by Crippen LogP contribution is 2.22. The smallest absolute Gasteiger partial charge is 0.342 e. The van der Waals surface area contributed by atoms with Gasteiger partial charge in [-0.15, -0.1) is 0 Å². The third kappa shape index (κ3) is 5.49. The van der Waals surface area contributed by atoms with Gasteiger partial charge in [0.05, 0.1) is 13.7 Å². The Morgan fingerprint density at radius 2 is 1.80 bits per heavy atom. The van der Waals surface area contributed by atoms with Crippen LogP contribution in [0, 0.1) is 0 Å². The molecule has 0 spiro atoms. The molecule has 0 unspecified atom stereocenters. The molecule has 130 valence electrons. The van der Waals surface area contributed by atoms with E-state index in [4.69, 9.17) is 14.2 Å². The average Bonchev–Trinajstić information content (AvgIpc) is 2.65. The Kier molecular flexibility index (Phi) is 6.77. The topological polar surface area (TPSA) is 61.8 Å². The largest absolute Gasteiger partial charge is 0.496 e. The van der Waals surface area contributed by atoms with Gasteiger partial charge in [-0.05, 0) is 36.3 Å². The molecule has 0 aliphatic rings. The van der Waals surface area contributed by atoms with Crippen molar-refractivity contribution in [2.75, 3.05) is 13.7 Å². The van der Waals surface area contributed by atoms with Gasteiger partial charge in [0.15, 0.2) is 0 Å². The first-order valence-electron chi connectivity index (χ1n) is 7.88. The number of carbonyl (C=O) groups excluding carboxylic acids is 2. The molecule has 0 bridgehead atoms. The number of hydrogen-bond donors (Lipinski definition) is 0. The number of hydrogen-bond acceptors (Lipinski definition) is 5. The van der Waals surface area contributed by atoms with Gasteiger partial charge in [0, 0.05) is 6.08 Å². The zero-order valence-electron chi connectivity index (χ0n) is 14.2. The van der Waals surface area contributed by atoms with Gasteiger partial charge < -0.3 is 14.2 Å². The molecule has 0 fully saturated rings. The second kappa shape index (κ2) is 9.27. The SMILES string of the molecule is CCOC(=O)/C=C/c1ccc(OC)c(C(=O)OCc2ccccc2)c1. The minimum atomic E-state index is -0.493. The molecule has 0 aromatic heterocycles. The van der Waals surface area contributed by atoms with Crippen LogP contribution in [-0.4, -0.2) is 25.7 Å². The lowest BCUT2D eigenvalue weighted by atomic mass is 10.1. The fraction of sp³-hybridized carbons (Fsp3) is 0.200. The van der Waals surface area contributed by atoms with Crippen LogP contribution in [-0.2, 0) is 20.9 Å². The maximum Gasteiger partial charge on any atom is 0.342 e. The van der Waals surface area contributed by atoms with E-state index in [0.29, 0.717) is 23.5 Å². The molecule has 0 N–H and O–H groups in total. The Morgan fingerprint density at radius 1 is 1.04 bits per heavy atom. The summed E-state index contributed by atoms with van der Waals surface area (Å²) in [5, 5.41) is 0. The van der Waals surface area contributed by atoms with Crippen molar-refractivity contribution in [3.63, 3.8) is 0 Å². The van der Waals surface area contributed by atoms with Gasteiger partial charge in [-0.1, -0.05) is 36.4 Å². The van der Waals surface area contributed by atoms with Crippen LogP contribution in [0.15, 0.2) is 54.6 Å². The Morgan fingerprint density at radius 3 is 2.48 bits per heavy atom. The maximum absolute atomic E-state index is 12.4. The van der Waals surface area contributed by atoms with Gasteiger partial charge >= 0.3 is 11.9 Å². The number of benzene rings is 2. The molecule has 2 rings (SSSR count). The number of carbonyl (C=O) groups is 2. The summed E-state index contributed by atoms with van der Waals surface area (Å²) in [5.41, 5.74) is 1.86. The first-order chi connectivity index (χ1) is 12.1. The summed E-state index contributed by atoms with van der Waals surface area (Å²) in [6, 6.07) is 14.4. The van der Waals surface area contributed by atoms with Crippen molar-refractivity contribution >= 4 is 18.0 Å². The van der Waals surface area contributed by atoms with E-state index in [9.17, 15) is 9.59 Å². The molecule has 0 aliphatic carbocycles. The number of esters is 2. The lowest BCUT2D eigenvalue weighted by molar-refractivity contribution is -0.137. The van der Waals surface area contributed by atoms with E-state index in [1.54, 1.807) is 31.2 Å². The molecule has 0 saturated carbocycles. The molecular weight excluding hydrogens is 320 g/mol. The molecule has 25 heavy (non-hydrogen) atoms. The van der Waals surface area contributed by atoms with E-state index in [1.165, 1.54) is 13.2 Å². The summed E-state index contributed by atoms with van der Waals surface area (Å²) in [5.74, 6) is -0.523. The van der Waals surface area contributed by atoms with E-state index < -0.39 is 11.9 Å². The fourth-order valence-corrected chi connectivity index (χ4v) is 2.14. The molecule has 0 saturated heterocycles. The maximum atomic E-state index is 12.4. The zero-order chi connectivity index (χ0) is 18.1. The first kappa shape index (κ1) is 18.3. The van der Waals surface area contributed by atoms with E-state index in [2.05, 4.69) is 0 Å². The summed E-state index contributed by atoms with van der Waals surface area (Å²) in [4.78, 5) is 23.8. The van der Waals surface area contributed by atoms with Crippen molar-refractivity contribution in [2.45, 2.75) is 13.5 Å². The quantitative estimate of drug-likeness (QED) is 0.569. The lowest BCUT2D eigenvalue weighted by Gasteiger charge is -2.10. The van der Waals surface area contributed by atoms with Gasteiger partial charge in [0.1, 0.15) is 17.9 Å². The molecule has 0 radical (unpaired) electrons. The van der Waals surface area contributed by atoms with Crippen LogP contribution in [0.2, 0.25) is 0 Å². The Balaban J connectivity index is 2.13. The third-order valence-corrected chi connectivity index (χ3v) is 3.35. The van der Waals surface area contributed by atoms with Crippen molar-refractivity contribution in [1.29, 1.82) is 0 Å². The summed E-state index contributed by atoms with van der Waals surface area (Å²) in [6.45, 7) is 2.22. The van der Waals surface area contributed by atoms with Crippen molar-refractivity contribution < 1.29 is 23.8 Å². The number of rotatable bonds is 7. The highest BCUT2D eigenvalue weighted by Gasteiger charge is 2.14. The second-order valence-corrected chi connectivity index (χ2v) is 5.11. The van der Waals surface area contributed by atoms with Gasteiger partial charge in [-0.25, -0.2) is 9.59 Å². The highest BCUT2D eigenvalue weighted by atomic mass is 16.5. The summed E-state index contributed by atoms with van der Waals surface area (Å²) >= 11 is 0. The van der Waals surface area contributed by atoms with E-state index >= 15 is 0 Å². The Bertz CT molecular complexity index is 750. The first-order valence-corrected chi connectivity index (χ1v) is 7.88. The molecule has 5 nitrogen and oxygen atoms in total. The number of methoxy groups -OCH3 is 1. The molecule has 0 amide bonds. The van der Waals surface area contributed by atoms with E-state index in [0.717, 1.165) is 5.56 Å².